The van der Waals surface area contributed by atoms with Crippen molar-refractivity contribution in [3.63, 3.8) is 0 Å². The molecule has 0 aliphatic heterocycles. The Bertz CT molecular complexity index is 1390. The van der Waals surface area contributed by atoms with Gasteiger partial charge in [0, 0.05) is 11.1 Å². The molecular formula is C22H22N8O6. The second-order valence-electron chi connectivity index (χ2n) is 7.06. The number of anilines is 1. The molecule has 36 heavy (non-hydrogen) atoms. The third-order valence-electron chi connectivity index (χ3n) is 4.99. The molecule has 14 nitrogen and oxygen atoms in total. The average Bonchev–Trinajstić information content (AvgIpc) is 3.53. The van der Waals surface area contributed by atoms with Gasteiger partial charge in [0.2, 0.25) is 17.4 Å². The second kappa shape index (κ2) is 10.4. The van der Waals surface area contributed by atoms with Crippen LogP contribution in [-0.2, 0) is 0 Å². The van der Waals surface area contributed by atoms with Crippen molar-refractivity contribution in [1.82, 2.24) is 30.7 Å². The maximum Gasteiger partial charge on any atom is 0.294 e. The van der Waals surface area contributed by atoms with E-state index in [4.69, 9.17) is 24.7 Å². The standard InChI is InChI=1S/C22H22N8O6/c1-32-14-7-5-6-13(10-14)18-17(25-29-30(18)21-20(23)27-36-28-21)22(31)26-24-11-12-8-15(33-2)19(35-4)16(9-12)34-3/h5-11H,1-4H3,(H2,23,27)(H,26,31). The molecule has 0 bridgehead atoms. The van der Waals surface area contributed by atoms with Gasteiger partial charge in [-0.3, -0.25) is 4.79 Å². The van der Waals surface area contributed by atoms with Crippen molar-refractivity contribution in [3.8, 4) is 40.1 Å². The summed E-state index contributed by atoms with van der Waals surface area (Å²) >= 11 is 0. The quantitative estimate of drug-likeness (QED) is 0.256. The third-order valence-corrected chi connectivity index (χ3v) is 4.99. The largest absolute Gasteiger partial charge is 0.497 e. The van der Waals surface area contributed by atoms with Crippen LogP contribution >= 0.6 is 0 Å². The Morgan fingerprint density at radius 3 is 2.42 bits per heavy atom. The fraction of sp³-hybridized carbons (Fsp3) is 0.182. The van der Waals surface area contributed by atoms with Crippen LogP contribution in [0.1, 0.15) is 16.1 Å². The second-order valence-corrected chi connectivity index (χ2v) is 7.06. The van der Waals surface area contributed by atoms with Crippen molar-refractivity contribution in [2.24, 2.45) is 5.10 Å². The summed E-state index contributed by atoms with van der Waals surface area (Å²) in [6.45, 7) is 0. The zero-order chi connectivity index (χ0) is 25.7. The summed E-state index contributed by atoms with van der Waals surface area (Å²) in [6.07, 6.45) is 1.41. The van der Waals surface area contributed by atoms with Gasteiger partial charge in [0.1, 0.15) is 11.4 Å². The van der Waals surface area contributed by atoms with Crippen molar-refractivity contribution >= 4 is 17.9 Å². The number of nitrogens with one attached hydrogen (secondary N) is 1. The number of aromatic nitrogens is 5. The van der Waals surface area contributed by atoms with Gasteiger partial charge in [-0.15, -0.1) is 5.10 Å². The molecule has 0 fully saturated rings. The van der Waals surface area contributed by atoms with Gasteiger partial charge in [0.05, 0.1) is 34.7 Å². The highest BCUT2D eigenvalue weighted by Gasteiger charge is 2.25. The first-order valence-electron chi connectivity index (χ1n) is 10.3. The fourth-order valence-electron chi connectivity index (χ4n) is 3.34. The van der Waals surface area contributed by atoms with Crippen molar-refractivity contribution in [2.75, 3.05) is 34.2 Å². The zero-order valence-corrected chi connectivity index (χ0v) is 19.8. The minimum absolute atomic E-state index is 0.0311. The summed E-state index contributed by atoms with van der Waals surface area (Å²) in [4.78, 5) is 13.1. The van der Waals surface area contributed by atoms with E-state index >= 15 is 0 Å². The van der Waals surface area contributed by atoms with Gasteiger partial charge in [-0.2, -0.15) is 9.78 Å². The molecule has 4 aromatic rings. The number of nitrogens with two attached hydrogens (primary N) is 1. The van der Waals surface area contributed by atoms with E-state index < -0.39 is 5.91 Å². The molecule has 2 aromatic heterocycles. The topological polar surface area (TPSA) is 174 Å². The number of ether oxygens (including phenoxy) is 4. The van der Waals surface area contributed by atoms with Crippen molar-refractivity contribution in [1.29, 1.82) is 0 Å². The van der Waals surface area contributed by atoms with Crippen LogP contribution in [0.5, 0.6) is 23.0 Å². The molecule has 2 heterocycles. The maximum absolute atomic E-state index is 13.1. The summed E-state index contributed by atoms with van der Waals surface area (Å²) in [5, 5.41) is 19.4. The lowest BCUT2D eigenvalue weighted by Gasteiger charge is -2.12. The van der Waals surface area contributed by atoms with Crippen LogP contribution in [0.2, 0.25) is 0 Å². The molecule has 0 aliphatic carbocycles. The Labute approximate surface area is 204 Å². The predicted octanol–water partition coefficient (Wildman–Crippen LogP) is 1.70. The van der Waals surface area contributed by atoms with Gasteiger partial charge >= 0.3 is 0 Å². The normalized spacial score (nSPS) is 10.9. The highest BCUT2D eigenvalue weighted by Crippen LogP contribution is 2.37. The molecule has 0 atom stereocenters. The lowest BCUT2D eigenvalue weighted by atomic mass is 10.1. The van der Waals surface area contributed by atoms with Gasteiger partial charge in [-0.1, -0.05) is 17.3 Å². The number of nitrogens with zero attached hydrogens (tertiary/aromatic N) is 6. The molecule has 186 valence electrons. The average molecular weight is 494 g/mol. The molecule has 0 unspecified atom stereocenters. The Hall–Kier alpha value is -5.14. The number of benzene rings is 2. The minimum Gasteiger partial charge on any atom is -0.497 e. The Balaban J connectivity index is 1.67. The number of carbonyl (C=O) groups is 1. The van der Waals surface area contributed by atoms with Gasteiger partial charge in [-0.25, -0.2) is 10.1 Å². The van der Waals surface area contributed by atoms with Gasteiger partial charge in [0.25, 0.3) is 5.91 Å². The molecule has 14 heteroatoms. The highest BCUT2D eigenvalue weighted by atomic mass is 16.6. The monoisotopic (exact) mass is 494 g/mol. The van der Waals surface area contributed by atoms with Crippen LogP contribution < -0.4 is 30.1 Å². The van der Waals surface area contributed by atoms with E-state index in [1.54, 1.807) is 36.4 Å². The highest BCUT2D eigenvalue weighted by molar-refractivity contribution is 5.99. The number of nitrogen functional groups attached to an aromatic ring is 1. The zero-order valence-electron chi connectivity index (χ0n) is 19.8. The van der Waals surface area contributed by atoms with Gasteiger partial charge < -0.3 is 24.7 Å². The van der Waals surface area contributed by atoms with Gasteiger partial charge in [-0.05, 0) is 34.6 Å². The van der Waals surface area contributed by atoms with Crippen LogP contribution in [0.3, 0.4) is 0 Å². The van der Waals surface area contributed by atoms with Crippen LogP contribution in [0.4, 0.5) is 5.82 Å². The van der Waals surface area contributed by atoms with Crippen LogP contribution in [0.25, 0.3) is 17.1 Å². The molecule has 0 spiro atoms. The molecule has 0 aliphatic rings. The molecular weight excluding hydrogens is 472 g/mol. The number of methoxy groups -OCH3 is 4. The van der Waals surface area contributed by atoms with Gasteiger partial charge in [0.15, 0.2) is 17.2 Å². The van der Waals surface area contributed by atoms with E-state index in [-0.39, 0.29) is 23.0 Å². The molecule has 0 saturated heterocycles. The van der Waals surface area contributed by atoms with Crippen LogP contribution in [0, 0.1) is 0 Å². The van der Waals surface area contributed by atoms with E-state index in [0.29, 0.717) is 34.1 Å². The van der Waals surface area contributed by atoms with E-state index in [2.05, 4.69) is 35.8 Å². The van der Waals surface area contributed by atoms with E-state index in [1.807, 2.05) is 0 Å². The number of amides is 1. The molecule has 1 amide bonds. The maximum atomic E-state index is 13.1. The molecule has 0 radical (unpaired) electrons. The van der Waals surface area contributed by atoms with Crippen LogP contribution in [-0.4, -0.2) is 65.9 Å². The predicted molar refractivity (Wildman–Crippen MR) is 127 cm³/mol. The number of hydrogen-bond acceptors (Lipinski definition) is 12. The summed E-state index contributed by atoms with van der Waals surface area (Å²) < 4.78 is 27.2. The molecule has 2 aromatic carbocycles. The first-order valence-corrected chi connectivity index (χ1v) is 10.3. The lowest BCUT2D eigenvalue weighted by molar-refractivity contribution is 0.0950. The minimum atomic E-state index is -0.641. The SMILES string of the molecule is COc1cccc(-c2c(C(=O)NN=Cc3cc(OC)c(OC)c(OC)c3)nnn2-c2nonc2N)c1. The lowest BCUT2D eigenvalue weighted by Crippen LogP contribution is -2.19. The Kier molecular flexibility index (Phi) is 6.95. The number of carbonyl (C=O) groups excluding carboxylic acids is 1. The van der Waals surface area contributed by atoms with Crippen molar-refractivity contribution in [2.45, 2.75) is 0 Å². The van der Waals surface area contributed by atoms with Crippen molar-refractivity contribution < 1.29 is 28.4 Å². The summed E-state index contributed by atoms with van der Waals surface area (Å²) in [5.41, 5.74) is 9.65. The summed E-state index contributed by atoms with van der Waals surface area (Å²) in [6, 6.07) is 10.3. The third kappa shape index (κ3) is 4.59. The first-order chi connectivity index (χ1) is 17.5. The summed E-state index contributed by atoms with van der Waals surface area (Å²) in [5.74, 6) is 1.26. The Morgan fingerprint density at radius 2 is 1.81 bits per heavy atom. The summed E-state index contributed by atoms with van der Waals surface area (Å²) in [7, 11) is 6.03. The van der Waals surface area contributed by atoms with Crippen molar-refractivity contribution in [3.05, 3.63) is 47.7 Å². The van der Waals surface area contributed by atoms with E-state index in [0.717, 1.165) is 0 Å². The van der Waals surface area contributed by atoms with Crippen LogP contribution in [0.15, 0.2) is 46.1 Å². The number of hydrogen-bond donors (Lipinski definition) is 2. The first kappa shape index (κ1) is 24.0. The molecule has 3 N–H and O–H groups in total. The number of rotatable bonds is 9. The Morgan fingerprint density at radius 1 is 1.06 bits per heavy atom. The van der Waals surface area contributed by atoms with E-state index in [9.17, 15) is 4.79 Å². The smallest absolute Gasteiger partial charge is 0.294 e. The van der Waals surface area contributed by atoms with E-state index in [1.165, 1.54) is 39.3 Å². The number of hydrazone groups is 1. The molecule has 0 saturated carbocycles. The molecule has 4 rings (SSSR count). The fourth-order valence-corrected chi connectivity index (χ4v) is 3.34.